The van der Waals surface area contributed by atoms with Crippen molar-refractivity contribution in [1.82, 2.24) is 9.78 Å². The summed E-state index contributed by atoms with van der Waals surface area (Å²) in [6.45, 7) is 6.26. The van der Waals surface area contributed by atoms with Gasteiger partial charge in [0.1, 0.15) is 0 Å². The van der Waals surface area contributed by atoms with Gasteiger partial charge >= 0.3 is 0 Å². The van der Waals surface area contributed by atoms with Gasteiger partial charge < -0.3 is 4.74 Å². The Balaban J connectivity index is 2.15. The van der Waals surface area contributed by atoms with Gasteiger partial charge in [-0.3, -0.25) is 0 Å². The third-order valence-electron chi connectivity index (χ3n) is 2.18. The topological polar surface area (TPSA) is 27.1 Å². The predicted molar refractivity (Wildman–Crippen MR) is 50.9 cm³/mol. The Bertz CT molecular complexity index is 268. The molecule has 1 aliphatic heterocycles. The maximum Gasteiger partial charge on any atom is 0.211 e. The first-order chi connectivity index (χ1) is 6.25. The molecule has 1 aromatic rings. The van der Waals surface area contributed by atoms with Gasteiger partial charge in [0.15, 0.2) is 0 Å². The van der Waals surface area contributed by atoms with E-state index < -0.39 is 0 Å². The number of aromatic nitrogens is 2. The van der Waals surface area contributed by atoms with E-state index in [0.29, 0.717) is 5.92 Å². The summed E-state index contributed by atoms with van der Waals surface area (Å²) in [4.78, 5) is 0. The maximum absolute atomic E-state index is 5.49. The summed E-state index contributed by atoms with van der Waals surface area (Å²) in [6.07, 6.45) is 2.12. The minimum absolute atomic E-state index is 0.664. The van der Waals surface area contributed by atoms with Crippen molar-refractivity contribution >= 4 is 0 Å². The molecule has 0 radical (unpaired) electrons. The number of nitrogens with zero attached hydrogens (tertiary/aromatic N) is 2. The van der Waals surface area contributed by atoms with Gasteiger partial charge in [0, 0.05) is 19.0 Å². The van der Waals surface area contributed by atoms with E-state index in [1.54, 1.807) is 0 Å². The van der Waals surface area contributed by atoms with E-state index in [2.05, 4.69) is 25.0 Å². The Morgan fingerprint density at radius 2 is 2.46 bits per heavy atom. The average Bonchev–Trinajstić information content (AvgIpc) is 2.44. The third-order valence-corrected chi connectivity index (χ3v) is 2.18. The summed E-state index contributed by atoms with van der Waals surface area (Å²) < 4.78 is 7.46. The van der Waals surface area contributed by atoms with Gasteiger partial charge in [-0.1, -0.05) is 13.8 Å². The number of rotatable bonds is 2. The van der Waals surface area contributed by atoms with Crippen molar-refractivity contribution in [2.45, 2.75) is 33.2 Å². The smallest absolute Gasteiger partial charge is 0.211 e. The van der Waals surface area contributed by atoms with Gasteiger partial charge in [0.05, 0.1) is 12.3 Å². The van der Waals surface area contributed by atoms with E-state index in [1.807, 2.05) is 4.68 Å². The lowest BCUT2D eigenvalue weighted by molar-refractivity contribution is 0.230. The Morgan fingerprint density at radius 1 is 1.62 bits per heavy atom. The fourth-order valence-corrected chi connectivity index (χ4v) is 1.64. The molecule has 0 bridgehead atoms. The molecule has 2 rings (SSSR count). The number of hydrogen-bond acceptors (Lipinski definition) is 2. The largest absolute Gasteiger partial charge is 0.478 e. The van der Waals surface area contributed by atoms with Crippen LogP contribution in [-0.4, -0.2) is 16.4 Å². The van der Waals surface area contributed by atoms with Crippen LogP contribution < -0.4 is 4.74 Å². The molecule has 3 heteroatoms. The molecule has 0 fully saturated rings. The molecule has 0 saturated heterocycles. The number of ether oxygens (including phenoxy) is 1. The van der Waals surface area contributed by atoms with E-state index in [9.17, 15) is 0 Å². The molecule has 0 N–H and O–H groups in total. The zero-order valence-corrected chi connectivity index (χ0v) is 8.29. The molecule has 0 aromatic carbocycles. The molecule has 0 saturated carbocycles. The number of hydrogen-bond donors (Lipinski definition) is 0. The normalized spacial score (nSPS) is 15.6. The van der Waals surface area contributed by atoms with E-state index in [-0.39, 0.29) is 0 Å². The molecular weight excluding hydrogens is 164 g/mol. The lowest BCUT2D eigenvalue weighted by Crippen LogP contribution is -2.14. The van der Waals surface area contributed by atoms with Crippen molar-refractivity contribution in [3.05, 3.63) is 11.8 Å². The van der Waals surface area contributed by atoms with Crippen molar-refractivity contribution < 1.29 is 4.74 Å². The zero-order chi connectivity index (χ0) is 9.26. The monoisotopic (exact) mass is 180 g/mol. The van der Waals surface area contributed by atoms with Crippen LogP contribution >= 0.6 is 0 Å². The highest BCUT2D eigenvalue weighted by Gasteiger charge is 2.13. The summed E-state index contributed by atoms with van der Waals surface area (Å²) in [6, 6.07) is 2.07. The molecule has 0 aliphatic carbocycles. The van der Waals surface area contributed by atoms with Gasteiger partial charge in [-0.15, -0.1) is 0 Å². The van der Waals surface area contributed by atoms with Crippen LogP contribution in [0, 0.1) is 5.92 Å². The lowest BCUT2D eigenvalue weighted by Gasteiger charge is -2.13. The van der Waals surface area contributed by atoms with Gasteiger partial charge in [0.25, 0.3) is 0 Å². The maximum atomic E-state index is 5.49. The quantitative estimate of drug-likeness (QED) is 0.694. The van der Waals surface area contributed by atoms with Gasteiger partial charge in [-0.05, 0) is 12.3 Å². The van der Waals surface area contributed by atoms with Crippen LogP contribution in [0.25, 0.3) is 0 Å². The Kier molecular flexibility index (Phi) is 2.25. The molecule has 72 valence electrons. The molecule has 3 nitrogen and oxygen atoms in total. The Morgan fingerprint density at radius 3 is 3.15 bits per heavy atom. The fourth-order valence-electron chi connectivity index (χ4n) is 1.64. The molecule has 0 unspecified atom stereocenters. The highest BCUT2D eigenvalue weighted by molar-refractivity contribution is 5.17. The molecule has 1 aromatic heterocycles. The fraction of sp³-hybridized carbons (Fsp3) is 0.700. The van der Waals surface area contributed by atoms with Crippen molar-refractivity contribution in [2.24, 2.45) is 5.92 Å². The summed E-state index contributed by atoms with van der Waals surface area (Å²) in [5.41, 5.74) is 1.16. The first-order valence-electron chi connectivity index (χ1n) is 4.95. The van der Waals surface area contributed by atoms with Crippen molar-refractivity contribution in [1.29, 1.82) is 0 Å². The lowest BCUT2D eigenvalue weighted by atomic mass is 10.1. The van der Waals surface area contributed by atoms with E-state index in [1.165, 1.54) is 0 Å². The zero-order valence-electron chi connectivity index (χ0n) is 8.29. The van der Waals surface area contributed by atoms with E-state index in [4.69, 9.17) is 4.74 Å². The van der Waals surface area contributed by atoms with Gasteiger partial charge in [-0.2, -0.15) is 5.10 Å². The average molecular weight is 180 g/mol. The SMILES string of the molecule is CC(C)Cc1cc2n(n1)CCCO2. The van der Waals surface area contributed by atoms with Crippen LogP contribution in [0.4, 0.5) is 0 Å². The first-order valence-corrected chi connectivity index (χ1v) is 4.95. The standard InChI is InChI=1S/C10H16N2O/c1-8(2)6-9-7-10-12(11-9)4-3-5-13-10/h7-8H,3-6H2,1-2H3. The number of aryl methyl sites for hydroxylation is 1. The van der Waals surface area contributed by atoms with E-state index in [0.717, 1.165) is 37.6 Å². The first kappa shape index (κ1) is 8.60. The van der Waals surface area contributed by atoms with Gasteiger partial charge in [0.2, 0.25) is 5.88 Å². The highest BCUT2D eigenvalue weighted by Crippen LogP contribution is 2.19. The second-order valence-corrected chi connectivity index (χ2v) is 4.00. The molecule has 1 aliphatic rings. The minimum Gasteiger partial charge on any atom is -0.478 e. The second-order valence-electron chi connectivity index (χ2n) is 4.00. The van der Waals surface area contributed by atoms with Crippen molar-refractivity contribution in [2.75, 3.05) is 6.61 Å². The molecule has 2 heterocycles. The molecular formula is C10H16N2O. The summed E-state index contributed by atoms with van der Waals surface area (Å²) in [5.74, 6) is 1.61. The molecule has 0 spiro atoms. The Hall–Kier alpha value is -0.990. The second kappa shape index (κ2) is 3.40. The van der Waals surface area contributed by atoms with Crippen LogP contribution in [0.2, 0.25) is 0 Å². The molecule has 0 atom stereocenters. The molecule has 13 heavy (non-hydrogen) atoms. The van der Waals surface area contributed by atoms with Crippen LogP contribution in [-0.2, 0) is 13.0 Å². The van der Waals surface area contributed by atoms with Crippen molar-refractivity contribution in [3.8, 4) is 5.88 Å². The van der Waals surface area contributed by atoms with Crippen LogP contribution in [0.5, 0.6) is 5.88 Å². The highest BCUT2D eigenvalue weighted by atomic mass is 16.5. The van der Waals surface area contributed by atoms with E-state index >= 15 is 0 Å². The molecule has 0 amide bonds. The minimum atomic E-state index is 0.664. The summed E-state index contributed by atoms with van der Waals surface area (Å²) >= 11 is 0. The van der Waals surface area contributed by atoms with Gasteiger partial charge in [-0.25, -0.2) is 4.68 Å². The summed E-state index contributed by atoms with van der Waals surface area (Å²) in [5, 5.41) is 4.48. The van der Waals surface area contributed by atoms with Crippen LogP contribution in [0.1, 0.15) is 26.0 Å². The Labute approximate surface area is 78.7 Å². The van der Waals surface area contributed by atoms with Crippen LogP contribution in [0.3, 0.4) is 0 Å². The predicted octanol–water partition coefficient (Wildman–Crippen LogP) is 1.86. The van der Waals surface area contributed by atoms with Crippen molar-refractivity contribution in [3.63, 3.8) is 0 Å². The third kappa shape index (κ3) is 1.85. The number of fused-ring (bicyclic) bond motifs is 1. The summed E-state index contributed by atoms with van der Waals surface area (Å²) in [7, 11) is 0. The van der Waals surface area contributed by atoms with Crippen LogP contribution in [0.15, 0.2) is 6.07 Å².